The highest BCUT2D eigenvalue weighted by molar-refractivity contribution is 5.80. The molecule has 5 atom stereocenters. The Bertz CT molecular complexity index is 374. The Morgan fingerprint density at radius 3 is 2.42 bits per heavy atom. The number of aliphatic carboxylic acids is 1. The predicted molar refractivity (Wildman–Crippen MR) is 67.4 cm³/mol. The zero-order valence-electron chi connectivity index (χ0n) is 11.0. The lowest BCUT2D eigenvalue weighted by Crippen LogP contribution is -2.45. The molecule has 1 unspecified atom stereocenters. The van der Waals surface area contributed by atoms with E-state index in [1.165, 1.54) is 6.42 Å². The molecule has 1 aliphatic heterocycles. The number of amides is 1. The summed E-state index contributed by atoms with van der Waals surface area (Å²) < 4.78 is 5.32. The highest BCUT2D eigenvalue weighted by Crippen LogP contribution is 2.54. The monoisotopic (exact) mass is 267 g/mol. The normalized spacial score (nSPS) is 41.2. The van der Waals surface area contributed by atoms with Gasteiger partial charge in [0.05, 0.1) is 5.92 Å². The minimum absolute atomic E-state index is 0.0605. The maximum Gasteiger partial charge on any atom is 0.308 e. The molecule has 0 aromatic rings. The second-order valence-electron chi connectivity index (χ2n) is 6.17. The van der Waals surface area contributed by atoms with E-state index in [0.29, 0.717) is 26.1 Å². The number of hydrogen-bond donors (Lipinski definition) is 2. The molecule has 2 saturated carbocycles. The third kappa shape index (κ3) is 2.76. The highest BCUT2D eigenvalue weighted by Gasteiger charge is 2.48. The number of rotatable bonds is 3. The Balaban J connectivity index is 1.59. The van der Waals surface area contributed by atoms with E-state index in [4.69, 9.17) is 4.74 Å². The third-order valence-electron chi connectivity index (χ3n) is 4.89. The molecular weight excluding hydrogens is 246 g/mol. The number of carbonyl (C=O) groups excluding carboxylic acids is 1. The van der Waals surface area contributed by atoms with Gasteiger partial charge in [-0.1, -0.05) is 0 Å². The fourth-order valence-corrected chi connectivity index (χ4v) is 3.62. The quantitative estimate of drug-likeness (QED) is 0.800. The van der Waals surface area contributed by atoms with Crippen molar-refractivity contribution in [3.8, 4) is 0 Å². The number of carboxylic acids is 1. The number of ether oxygens (including phenoxy) is 1. The highest BCUT2D eigenvalue weighted by atomic mass is 16.5. The fraction of sp³-hybridized carbons (Fsp3) is 0.857. The van der Waals surface area contributed by atoms with Gasteiger partial charge >= 0.3 is 5.97 Å². The first-order valence-corrected chi connectivity index (χ1v) is 7.26. The van der Waals surface area contributed by atoms with Crippen LogP contribution in [0.15, 0.2) is 0 Å². The molecule has 2 aliphatic carbocycles. The van der Waals surface area contributed by atoms with Crippen LogP contribution in [0.2, 0.25) is 0 Å². The summed E-state index contributed by atoms with van der Waals surface area (Å²) in [6.45, 7) is 1.00. The van der Waals surface area contributed by atoms with Crippen LogP contribution in [0.3, 0.4) is 0 Å². The molecule has 1 amide bonds. The standard InChI is InChI=1S/C14H21NO4/c16-13(10-6-8-5-9(8)7-10)15-12-2-4-19-3-1-11(12)14(17)18/h8-12H,1-7H2,(H,15,16)(H,17,18)/t8-,9+,10?,11-,12-/m1/s1. The molecule has 0 radical (unpaired) electrons. The lowest BCUT2D eigenvalue weighted by molar-refractivity contribution is -0.143. The van der Waals surface area contributed by atoms with Crippen LogP contribution in [0.1, 0.15) is 32.1 Å². The number of nitrogens with one attached hydrogen (secondary N) is 1. The van der Waals surface area contributed by atoms with E-state index < -0.39 is 11.9 Å². The van der Waals surface area contributed by atoms with Crippen LogP contribution in [0.4, 0.5) is 0 Å². The largest absolute Gasteiger partial charge is 0.481 e. The molecule has 3 fully saturated rings. The summed E-state index contributed by atoms with van der Waals surface area (Å²) in [7, 11) is 0. The lowest BCUT2D eigenvalue weighted by atomic mass is 9.93. The molecule has 3 aliphatic rings. The molecular formula is C14H21NO4. The summed E-state index contributed by atoms with van der Waals surface area (Å²) >= 11 is 0. The van der Waals surface area contributed by atoms with Gasteiger partial charge in [0.15, 0.2) is 0 Å². The Kier molecular flexibility index (Phi) is 3.48. The van der Waals surface area contributed by atoms with Crippen molar-refractivity contribution in [2.24, 2.45) is 23.7 Å². The molecule has 19 heavy (non-hydrogen) atoms. The van der Waals surface area contributed by atoms with Crippen LogP contribution in [0.5, 0.6) is 0 Å². The van der Waals surface area contributed by atoms with Gasteiger partial charge in [-0.3, -0.25) is 9.59 Å². The van der Waals surface area contributed by atoms with Crippen LogP contribution in [0.25, 0.3) is 0 Å². The summed E-state index contributed by atoms with van der Waals surface area (Å²) in [5.41, 5.74) is 0. The minimum Gasteiger partial charge on any atom is -0.481 e. The topological polar surface area (TPSA) is 75.6 Å². The van der Waals surface area contributed by atoms with E-state index in [1.54, 1.807) is 0 Å². The van der Waals surface area contributed by atoms with Crippen LogP contribution >= 0.6 is 0 Å². The summed E-state index contributed by atoms with van der Waals surface area (Å²) in [6, 6.07) is -0.274. The maximum absolute atomic E-state index is 12.2. The Labute approximate surface area is 112 Å². The SMILES string of the molecule is O=C(N[C@@H]1CCOCC[C@H]1C(=O)O)C1C[C@@H]2C[C@@H]2C1. The van der Waals surface area contributed by atoms with Crippen molar-refractivity contribution >= 4 is 11.9 Å². The van der Waals surface area contributed by atoms with Gasteiger partial charge in [0.2, 0.25) is 5.91 Å². The first-order chi connectivity index (χ1) is 9.15. The van der Waals surface area contributed by atoms with E-state index in [0.717, 1.165) is 24.7 Å². The van der Waals surface area contributed by atoms with E-state index in [2.05, 4.69) is 5.32 Å². The second-order valence-corrected chi connectivity index (χ2v) is 6.17. The van der Waals surface area contributed by atoms with Crippen molar-refractivity contribution in [3.63, 3.8) is 0 Å². The minimum atomic E-state index is -0.829. The number of fused-ring (bicyclic) bond motifs is 1. The summed E-state index contributed by atoms with van der Waals surface area (Å²) in [5.74, 6) is 0.368. The average molecular weight is 267 g/mol. The Hall–Kier alpha value is -1.10. The van der Waals surface area contributed by atoms with Gasteiger partial charge in [0.25, 0.3) is 0 Å². The first-order valence-electron chi connectivity index (χ1n) is 7.26. The zero-order chi connectivity index (χ0) is 13.4. The summed E-state index contributed by atoms with van der Waals surface area (Å²) in [5, 5.41) is 12.2. The van der Waals surface area contributed by atoms with Crippen molar-refractivity contribution in [2.75, 3.05) is 13.2 Å². The summed E-state index contributed by atoms with van der Waals surface area (Å²) in [6.07, 6.45) is 4.37. The Morgan fingerprint density at radius 2 is 1.74 bits per heavy atom. The number of hydrogen-bond acceptors (Lipinski definition) is 3. The molecule has 1 heterocycles. The van der Waals surface area contributed by atoms with Gasteiger partial charge in [-0.05, 0) is 43.9 Å². The van der Waals surface area contributed by atoms with E-state index >= 15 is 0 Å². The predicted octanol–water partition coefficient (Wildman–Crippen LogP) is 1.03. The smallest absolute Gasteiger partial charge is 0.308 e. The summed E-state index contributed by atoms with van der Waals surface area (Å²) in [4.78, 5) is 23.5. The zero-order valence-corrected chi connectivity index (χ0v) is 11.0. The van der Waals surface area contributed by atoms with Crippen LogP contribution in [0, 0.1) is 23.7 Å². The van der Waals surface area contributed by atoms with Crippen molar-refractivity contribution in [1.29, 1.82) is 0 Å². The molecule has 5 heteroatoms. The maximum atomic E-state index is 12.2. The van der Waals surface area contributed by atoms with Gasteiger partial charge in [0, 0.05) is 25.2 Å². The fourth-order valence-electron chi connectivity index (χ4n) is 3.62. The van der Waals surface area contributed by atoms with Crippen LogP contribution in [-0.2, 0) is 14.3 Å². The van der Waals surface area contributed by atoms with E-state index in [-0.39, 0.29) is 17.9 Å². The van der Waals surface area contributed by atoms with Gasteiger partial charge in [0.1, 0.15) is 0 Å². The van der Waals surface area contributed by atoms with Crippen LogP contribution < -0.4 is 5.32 Å². The molecule has 0 aromatic carbocycles. The molecule has 0 spiro atoms. The lowest BCUT2D eigenvalue weighted by Gasteiger charge is -2.24. The molecule has 2 N–H and O–H groups in total. The van der Waals surface area contributed by atoms with Gasteiger partial charge < -0.3 is 15.2 Å². The number of carboxylic acid groups (broad SMARTS) is 1. The van der Waals surface area contributed by atoms with Crippen molar-refractivity contribution in [2.45, 2.75) is 38.1 Å². The molecule has 106 valence electrons. The molecule has 0 bridgehead atoms. The molecule has 5 nitrogen and oxygen atoms in total. The van der Waals surface area contributed by atoms with Crippen molar-refractivity contribution in [1.82, 2.24) is 5.32 Å². The van der Waals surface area contributed by atoms with Crippen molar-refractivity contribution < 1.29 is 19.4 Å². The second kappa shape index (κ2) is 5.12. The molecule has 0 aromatic heterocycles. The Morgan fingerprint density at radius 1 is 1.05 bits per heavy atom. The van der Waals surface area contributed by atoms with Gasteiger partial charge in [-0.25, -0.2) is 0 Å². The molecule has 1 saturated heterocycles. The van der Waals surface area contributed by atoms with E-state index in [9.17, 15) is 14.7 Å². The first kappa shape index (κ1) is 12.9. The van der Waals surface area contributed by atoms with Gasteiger partial charge in [-0.2, -0.15) is 0 Å². The van der Waals surface area contributed by atoms with Gasteiger partial charge in [-0.15, -0.1) is 0 Å². The van der Waals surface area contributed by atoms with E-state index in [1.807, 2.05) is 0 Å². The third-order valence-corrected chi connectivity index (χ3v) is 4.89. The van der Waals surface area contributed by atoms with Crippen molar-refractivity contribution in [3.05, 3.63) is 0 Å². The average Bonchev–Trinajstić information content (AvgIpc) is 3.05. The molecule has 3 rings (SSSR count). The number of carbonyl (C=O) groups is 2. The van der Waals surface area contributed by atoms with Crippen LogP contribution in [-0.4, -0.2) is 36.2 Å².